The SMILES string of the molecule is O=C(NN=CC=Cc1ccccc1)C(=O)Nc1cc(Cl)ccc1Cl. The Hall–Kier alpha value is -2.63. The van der Waals surface area contributed by atoms with Crippen molar-refractivity contribution in [3.05, 3.63) is 70.2 Å². The van der Waals surface area contributed by atoms with Crippen molar-refractivity contribution in [3.63, 3.8) is 0 Å². The third-order valence-electron chi connectivity index (χ3n) is 2.80. The Morgan fingerprint density at radius 3 is 2.50 bits per heavy atom. The first kappa shape index (κ1) is 17.7. The van der Waals surface area contributed by atoms with E-state index in [1.807, 2.05) is 36.4 Å². The van der Waals surface area contributed by atoms with Crippen LogP contribution in [0.15, 0.2) is 59.7 Å². The maximum Gasteiger partial charge on any atom is 0.329 e. The van der Waals surface area contributed by atoms with Crippen LogP contribution in [0.2, 0.25) is 10.0 Å². The Labute approximate surface area is 149 Å². The molecule has 0 aromatic heterocycles. The van der Waals surface area contributed by atoms with Crippen LogP contribution in [0.25, 0.3) is 6.08 Å². The molecule has 24 heavy (non-hydrogen) atoms. The first-order valence-corrected chi connectivity index (χ1v) is 7.63. The standard InChI is InChI=1S/C17H13Cl2N3O2/c18-13-8-9-14(19)15(11-13)21-16(23)17(24)22-20-10-4-7-12-5-2-1-3-6-12/h1-11H,(H,21,23)(H,22,24). The molecule has 0 aliphatic carbocycles. The number of carbonyl (C=O) groups is 2. The molecule has 2 rings (SSSR count). The maximum absolute atomic E-state index is 11.7. The van der Waals surface area contributed by atoms with Crippen LogP contribution in [0.4, 0.5) is 5.69 Å². The van der Waals surface area contributed by atoms with Gasteiger partial charge in [-0.25, -0.2) is 5.43 Å². The van der Waals surface area contributed by atoms with Gasteiger partial charge in [0.25, 0.3) is 0 Å². The fourth-order valence-electron chi connectivity index (χ4n) is 1.68. The zero-order valence-corrected chi connectivity index (χ0v) is 13.9. The van der Waals surface area contributed by atoms with Crippen LogP contribution in [0.3, 0.4) is 0 Å². The second kappa shape index (κ2) is 8.86. The topological polar surface area (TPSA) is 70.6 Å². The van der Waals surface area contributed by atoms with E-state index in [2.05, 4.69) is 15.8 Å². The molecule has 122 valence electrons. The van der Waals surface area contributed by atoms with Crippen LogP contribution in [0, 0.1) is 0 Å². The second-order valence-electron chi connectivity index (χ2n) is 4.57. The highest BCUT2D eigenvalue weighted by molar-refractivity contribution is 6.42. The van der Waals surface area contributed by atoms with Gasteiger partial charge in [0.05, 0.1) is 10.7 Å². The highest BCUT2D eigenvalue weighted by Crippen LogP contribution is 2.25. The molecular weight excluding hydrogens is 349 g/mol. The maximum atomic E-state index is 11.7. The third-order valence-corrected chi connectivity index (χ3v) is 3.36. The predicted molar refractivity (Wildman–Crippen MR) is 97.2 cm³/mol. The normalized spacial score (nSPS) is 10.9. The van der Waals surface area contributed by atoms with E-state index in [4.69, 9.17) is 23.2 Å². The molecule has 2 amide bonds. The lowest BCUT2D eigenvalue weighted by Crippen LogP contribution is -2.32. The molecule has 0 fully saturated rings. The second-order valence-corrected chi connectivity index (χ2v) is 5.41. The van der Waals surface area contributed by atoms with Gasteiger partial charge in [0.2, 0.25) is 0 Å². The van der Waals surface area contributed by atoms with Gasteiger partial charge >= 0.3 is 11.8 Å². The Morgan fingerprint density at radius 2 is 1.75 bits per heavy atom. The summed E-state index contributed by atoms with van der Waals surface area (Å²) in [5.41, 5.74) is 3.35. The molecule has 2 N–H and O–H groups in total. The number of hydrazone groups is 1. The van der Waals surface area contributed by atoms with Crippen LogP contribution in [0.5, 0.6) is 0 Å². The van der Waals surface area contributed by atoms with E-state index in [9.17, 15) is 9.59 Å². The van der Waals surface area contributed by atoms with Crippen LogP contribution in [-0.2, 0) is 9.59 Å². The molecule has 0 atom stereocenters. The number of hydrogen-bond donors (Lipinski definition) is 2. The minimum Gasteiger partial charge on any atom is -0.316 e. The van der Waals surface area contributed by atoms with Gasteiger partial charge in [0.15, 0.2) is 0 Å². The third kappa shape index (κ3) is 5.53. The number of benzene rings is 2. The lowest BCUT2D eigenvalue weighted by molar-refractivity contribution is -0.136. The van der Waals surface area contributed by atoms with Gasteiger partial charge in [0.1, 0.15) is 0 Å². The summed E-state index contributed by atoms with van der Waals surface area (Å²) in [5, 5.41) is 6.68. The van der Waals surface area contributed by atoms with Gasteiger partial charge in [-0.2, -0.15) is 5.10 Å². The van der Waals surface area contributed by atoms with Gasteiger partial charge in [-0.1, -0.05) is 59.6 Å². The van der Waals surface area contributed by atoms with E-state index in [0.29, 0.717) is 5.02 Å². The Kier molecular flexibility index (Phi) is 6.54. The summed E-state index contributed by atoms with van der Waals surface area (Å²) in [5.74, 6) is -1.82. The summed E-state index contributed by atoms with van der Waals surface area (Å²) >= 11 is 11.7. The number of amides is 2. The molecule has 0 saturated carbocycles. The number of nitrogens with zero attached hydrogens (tertiary/aromatic N) is 1. The number of anilines is 1. The number of rotatable bonds is 4. The molecule has 0 radical (unpaired) electrons. The van der Waals surface area contributed by atoms with Crippen LogP contribution < -0.4 is 10.7 Å². The molecule has 0 saturated heterocycles. The first-order valence-electron chi connectivity index (χ1n) is 6.87. The molecule has 0 unspecified atom stereocenters. The van der Waals surface area contributed by atoms with Crippen molar-refractivity contribution < 1.29 is 9.59 Å². The van der Waals surface area contributed by atoms with E-state index < -0.39 is 11.8 Å². The minimum absolute atomic E-state index is 0.247. The highest BCUT2D eigenvalue weighted by atomic mass is 35.5. The van der Waals surface area contributed by atoms with Crippen LogP contribution in [-0.4, -0.2) is 18.0 Å². The summed E-state index contributed by atoms with van der Waals surface area (Å²) in [4.78, 5) is 23.4. The molecule has 2 aromatic carbocycles. The minimum atomic E-state index is -0.921. The highest BCUT2D eigenvalue weighted by Gasteiger charge is 2.14. The van der Waals surface area contributed by atoms with Gasteiger partial charge in [0, 0.05) is 11.2 Å². The van der Waals surface area contributed by atoms with Gasteiger partial charge < -0.3 is 5.32 Å². The van der Waals surface area contributed by atoms with Crippen molar-refractivity contribution in [2.24, 2.45) is 5.10 Å². The lowest BCUT2D eigenvalue weighted by atomic mass is 10.2. The van der Waals surface area contributed by atoms with E-state index >= 15 is 0 Å². The molecule has 0 spiro atoms. The van der Waals surface area contributed by atoms with Gasteiger partial charge in [-0.3, -0.25) is 9.59 Å². The van der Waals surface area contributed by atoms with Gasteiger partial charge in [-0.15, -0.1) is 0 Å². The molecule has 0 bridgehead atoms. The number of halogens is 2. The average molecular weight is 362 g/mol. The predicted octanol–water partition coefficient (Wildman–Crippen LogP) is 3.75. The first-order chi connectivity index (χ1) is 11.6. The van der Waals surface area contributed by atoms with E-state index in [1.165, 1.54) is 18.3 Å². The summed E-state index contributed by atoms with van der Waals surface area (Å²) in [6.07, 6.45) is 4.81. The van der Waals surface area contributed by atoms with Crippen molar-refractivity contribution in [2.45, 2.75) is 0 Å². The van der Waals surface area contributed by atoms with E-state index in [1.54, 1.807) is 12.1 Å². The van der Waals surface area contributed by atoms with Crippen molar-refractivity contribution in [2.75, 3.05) is 5.32 Å². The quantitative estimate of drug-likeness (QED) is 0.494. The molecule has 0 aliphatic rings. The smallest absolute Gasteiger partial charge is 0.316 e. The Balaban J connectivity index is 1.85. The molecule has 0 aliphatic heterocycles. The van der Waals surface area contributed by atoms with E-state index in [0.717, 1.165) is 5.56 Å². The largest absolute Gasteiger partial charge is 0.329 e. The molecule has 7 heteroatoms. The summed E-state index contributed by atoms with van der Waals surface area (Å²) < 4.78 is 0. The van der Waals surface area contributed by atoms with Crippen molar-refractivity contribution >= 4 is 53.0 Å². The van der Waals surface area contributed by atoms with E-state index in [-0.39, 0.29) is 10.7 Å². The monoisotopic (exact) mass is 361 g/mol. The summed E-state index contributed by atoms with van der Waals surface area (Å²) in [7, 11) is 0. The lowest BCUT2D eigenvalue weighted by Gasteiger charge is -2.06. The molecule has 0 heterocycles. The van der Waals surface area contributed by atoms with Crippen molar-refractivity contribution in [3.8, 4) is 0 Å². The molecular formula is C17H13Cl2N3O2. The molecule has 2 aromatic rings. The number of allylic oxidation sites excluding steroid dienone is 1. The molecule has 5 nitrogen and oxygen atoms in total. The average Bonchev–Trinajstić information content (AvgIpc) is 2.58. The van der Waals surface area contributed by atoms with Crippen molar-refractivity contribution in [1.29, 1.82) is 0 Å². The summed E-state index contributed by atoms with van der Waals surface area (Å²) in [6, 6.07) is 14.1. The zero-order valence-electron chi connectivity index (χ0n) is 12.4. The Morgan fingerprint density at radius 1 is 1.00 bits per heavy atom. The summed E-state index contributed by atoms with van der Waals surface area (Å²) in [6.45, 7) is 0. The Bertz CT molecular complexity index is 790. The van der Waals surface area contributed by atoms with Crippen LogP contribution >= 0.6 is 23.2 Å². The fourth-order valence-corrected chi connectivity index (χ4v) is 2.02. The van der Waals surface area contributed by atoms with Crippen molar-refractivity contribution in [1.82, 2.24) is 5.43 Å². The number of nitrogens with one attached hydrogen (secondary N) is 2. The van der Waals surface area contributed by atoms with Gasteiger partial charge in [-0.05, 0) is 29.8 Å². The fraction of sp³-hybridized carbons (Fsp3) is 0. The number of carbonyl (C=O) groups excluding carboxylic acids is 2. The van der Waals surface area contributed by atoms with Crippen LogP contribution in [0.1, 0.15) is 5.56 Å². The zero-order chi connectivity index (χ0) is 17.4. The number of hydrogen-bond acceptors (Lipinski definition) is 3.